The van der Waals surface area contributed by atoms with Gasteiger partial charge in [-0.3, -0.25) is 4.90 Å². The van der Waals surface area contributed by atoms with Crippen LogP contribution >= 0.6 is 0 Å². The van der Waals surface area contributed by atoms with Gasteiger partial charge in [-0.15, -0.1) is 0 Å². The first-order chi connectivity index (χ1) is 9.94. The zero-order valence-corrected chi connectivity index (χ0v) is 14.2. The fraction of sp³-hybridized carbons (Fsp3) is 1.00. The first-order valence-corrected chi connectivity index (χ1v) is 8.62. The molecule has 0 aromatic rings. The van der Waals surface area contributed by atoms with Crippen molar-refractivity contribution in [3.8, 4) is 0 Å². The Hall–Kier alpha value is -0.160. The van der Waals surface area contributed by atoms with Gasteiger partial charge in [0, 0.05) is 36.7 Å². The van der Waals surface area contributed by atoms with E-state index in [1.165, 1.54) is 19.3 Å². The Kier molecular flexibility index (Phi) is 6.06. The summed E-state index contributed by atoms with van der Waals surface area (Å²) in [5.74, 6) is 0. The monoisotopic (exact) mass is 298 g/mol. The molecule has 0 aliphatic carbocycles. The number of piperidine rings is 1. The van der Waals surface area contributed by atoms with Crippen molar-refractivity contribution in [1.29, 1.82) is 0 Å². The fourth-order valence-electron chi connectivity index (χ4n) is 3.59. The molecule has 2 fully saturated rings. The minimum Gasteiger partial charge on any atom is -0.395 e. The second-order valence-electron chi connectivity index (χ2n) is 8.06. The Morgan fingerprint density at radius 1 is 1.29 bits per heavy atom. The molecule has 2 N–H and O–H groups in total. The predicted molar refractivity (Wildman–Crippen MR) is 86.5 cm³/mol. The molecule has 124 valence electrons. The molecule has 0 spiro atoms. The number of rotatable bonds is 5. The van der Waals surface area contributed by atoms with E-state index in [1.807, 2.05) is 0 Å². The predicted octanol–water partition coefficient (Wildman–Crippen LogP) is 2.02. The first-order valence-electron chi connectivity index (χ1n) is 8.62. The van der Waals surface area contributed by atoms with Gasteiger partial charge in [0.25, 0.3) is 0 Å². The average molecular weight is 298 g/mol. The van der Waals surface area contributed by atoms with E-state index in [9.17, 15) is 5.11 Å². The molecule has 0 aromatic carbocycles. The number of hydrogen-bond donors (Lipinski definition) is 2. The highest BCUT2D eigenvalue weighted by atomic mass is 16.5. The molecule has 2 heterocycles. The zero-order valence-electron chi connectivity index (χ0n) is 14.2. The smallest absolute Gasteiger partial charge is 0.0586 e. The third kappa shape index (κ3) is 5.20. The number of aliphatic hydroxyl groups is 1. The Bertz CT molecular complexity index is 308. The maximum atomic E-state index is 9.65. The lowest BCUT2D eigenvalue weighted by Crippen LogP contribution is -2.55. The average Bonchev–Trinajstić information content (AvgIpc) is 2.46. The topological polar surface area (TPSA) is 44.7 Å². The largest absolute Gasteiger partial charge is 0.395 e. The summed E-state index contributed by atoms with van der Waals surface area (Å²) >= 11 is 0. The van der Waals surface area contributed by atoms with E-state index < -0.39 is 0 Å². The van der Waals surface area contributed by atoms with E-state index in [2.05, 4.69) is 31.0 Å². The maximum Gasteiger partial charge on any atom is 0.0586 e. The first kappa shape index (κ1) is 17.2. The second kappa shape index (κ2) is 7.40. The van der Waals surface area contributed by atoms with Crippen LogP contribution in [0.5, 0.6) is 0 Å². The summed E-state index contributed by atoms with van der Waals surface area (Å²) in [6.07, 6.45) is 6.04. The molecule has 4 nitrogen and oxygen atoms in total. The van der Waals surface area contributed by atoms with Crippen LogP contribution in [0.25, 0.3) is 0 Å². The minimum absolute atomic E-state index is 0.142. The third-order valence-electron chi connectivity index (χ3n) is 4.90. The van der Waals surface area contributed by atoms with Crippen molar-refractivity contribution in [2.24, 2.45) is 5.41 Å². The third-order valence-corrected chi connectivity index (χ3v) is 4.90. The standard InChI is InChI=1S/C17H34N2O2/c1-16(2,3)18-12-17(8-6-10-21-14-17)13-19-9-5-4-7-15(19)11-20/h15,18,20H,4-14H2,1-3H3. The van der Waals surface area contributed by atoms with E-state index in [0.29, 0.717) is 12.6 Å². The van der Waals surface area contributed by atoms with Crippen molar-refractivity contribution < 1.29 is 9.84 Å². The number of nitrogens with one attached hydrogen (secondary N) is 1. The number of aliphatic hydroxyl groups excluding tert-OH is 1. The summed E-state index contributed by atoms with van der Waals surface area (Å²) in [7, 11) is 0. The van der Waals surface area contributed by atoms with Gasteiger partial charge < -0.3 is 15.2 Å². The van der Waals surface area contributed by atoms with Crippen molar-refractivity contribution in [1.82, 2.24) is 10.2 Å². The van der Waals surface area contributed by atoms with Gasteiger partial charge in [0.05, 0.1) is 13.2 Å². The van der Waals surface area contributed by atoms with Crippen molar-refractivity contribution in [3.05, 3.63) is 0 Å². The van der Waals surface area contributed by atoms with Gasteiger partial charge in [-0.2, -0.15) is 0 Å². The zero-order chi connectivity index (χ0) is 15.3. The molecule has 4 heteroatoms. The Balaban J connectivity index is 2.00. The van der Waals surface area contributed by atoms with E-state index in [1.54, 1.807) is 0 Å². The van der Waals surface area contributed by atoms with Gasteiger partial charge in [-0.1, -0.05) is 6.42 Å². The van der Waals surface area contributed by atoms with Crippen molar-refractivity contribution in [2.75, 3.05) is 39.5 Å². The lowest BCUT2D eigenvalue weighted by molar-refractivity contribution is -0.0449. The second-order valence-corrected chi connectivity index (χ2v) is 8.06. The van der Waals surface area contributed by atoms with Gasteiger partial charge >= 0.3 is 0 Å². The number of nitrogens with zero attached hydrogens (tertiary/aromatic N) is 1. The quantitative estimate of drug-likeness (QED) is 0.815. The lowest BCUT2D eigenvalue weighted by Gasteiger charge is -2.45. The number of likely N-dealkylation sites (tertiary alicyclic amines) is 1. The van der Waals surface area contributed by atoms with E-state index in [4.69, 9.17) is 4.74 Å². The summed E-state index contributed by atoms with van der Waals surface area (Å²) in [5, 5.41) is 13.3. The molecule has 2 aliphatic heterocycles. The van der Waals surface area contributed by atoms with Crippen LogP contribution in [0.2, 0.25) is 0 Å². The molecule has 0 aromatic heterocycles. The van der Waals surface area contributed by atoms with Crippen molar-refractivity contribution >= 4 is 0 Å². The van der Waals surface area contributed by atoms with Crippen LogP contribution in [0.15, 0.2) is 0 Å². The Morgan fingerprint density at radius 2 is 2.10 bits per heavy atom. The normalized spacial score (nSPS) is 32.3. The van der Waals surface area contributed by atoms with Crippen molar-refractivity contribution in [2.45, 2.75) is 64.5 Å². The van der Waals surface area contributed by atoms with Gasteiger partial charge in [-0.05, 0) is 53.0 Å². The van der Waals surface area contributed by atoms with E-state index in [0.717, 1.165) is 45.7 Å². The molecular weight excluding hydrogens is 264 g/mol. The Morgan fingerprint density at radius 3 is 2.71 bits per heavy atom. The summed E-state index contributed by atoms with van der Waals surface area (Å²) in [5.41, 5.74) is 0.346. The SMILES string of the molecule is CC(C)(C)NCC1(CN2CCCCC2CO)CCCOC1. The minimum atomic E-state index is 0.142. The van der Waals surface area contributed by atoms with E-state index in [-0.39, 0.29) is 11.0 Å². The molecular formula is C17H34N2O2. The van der Waals surface area contributed by atoms with Crippen LogP contribution in [-0.2, 0) is 4.74 Å². The lowest BCUT2D eigenvalue weighted by atomic mass is 9.80. The highest BCUT2D eigenvalue weighted by molar-refractivity contribution is 4.91. The van der Waals surface area contributed by atoms with E-state index >= 15 is 0 Å². The molecule has 21 heavy (non-hydrogen) atoms. The number of ether oxygens (including phenoxy) is 1. The molecule has 0 saturated carbocycles. The van der Waals surface area contributed by atoms with Gasteiger partial charge in [-0.25, -0.2) is 0 Å². The molecule has 2 rings (SSSR count). The molecule has 0 amide bonds. The Labute approximate surface area is 130 Å². The van der Waals surface area contributed by atoms with Crippen LogP contribution < -0.4 is 5.32 Å². The van der Waals surface area contributed by atoms with Gasteiger partial charge in [0.2, 0.25) is 0 Å². The molecule has 2 atom stereocenters. The van der Waals surface area contributed by atoms with Crippen LogP contribution in [-0.4, -0.2) is 61.0 Å². The van der Waals surface area contributed by atoms with Crippen LogP contribution in [0.1, 0.15) is 52.9 Å². The molecule has 0 bridgehead atoms. The highest BCUT2D eigenvalue weighted by Crippen LogP contribution is 2.32. The van der Waals surface area contributed by atoms with Crippen molar-refractivity contribution in [3.63, 3.8) is 0 Å². The van der Waals surface area contributed by atoms with Crippen LogP contribution in [0.4, 0.5) is 0 Å². The summed E-state index contributed by atoms with van der Waals surface area (Å²) in [6.45, 7) is 11.9. The fourth-order valence-corrected chi connectivity index (χ4v) is 3.59. The van der Waals surface area contributed by atoms with Crippen LogP contribution in [0.3, 0.4) is 0 Å². The number of hydrogen-bond acceptors (Lipinski definition) is 4. The molecule has 2 saturated heterocycles. The van der Waals surface area contributed by atoms with Gasteiger partial charge in [0.15, 0.2) is 0 Å². The van der Waals surface area contributed by atoms with Crippen LogP contribution in [0, 0.1) is 5.41 Å². The molecule has 2 aliphatic rings. The maximum absolute atomic E-state index is 9.65. The molecule has 2 unspecified atom stereocenters. The summed E-state index contributed by atoms with van der Waals surface area (Å²) < 4.78 is 5.83. The highest BCUT2D eigenvalue weighted by Gasteiger charge is 2.37. The molecule has 0 radical (unpaired) electrons. The van der Waals surface area contributed by atoms with Gasteiger partial charge in [0.1, 0.15) is 0 Å². The summed E-state index contributed by atoms with van der Waals surface area (Å²) in [6, 6.07) is 0.354. The summed E-state index contributed by atoms with van der Waals surface area (Å²) in [4.78, 5) is 2.52.